The van der Waals surface area contributed by atoms with Crippen molar-refractivity contribution in [3.63, 3.8) is 0 Å². The molecule has 0 spiro atoms. The fraction of sp³-hybridized carbons (Fsp3) is 0.235. The quantitative estimate of drug-likeness (QED) is 0.830. The van der Waals surface area contributed by atoms with Gasteiger partial charge in [-0.3, -0.25) is 4.79 Å². The van der Waals surface area contributed by atoms with E-state index in [2.05, 4.69) is 5.32 Å². The second-order valence-electron chi connectivity index (χ2n) is 4.70. The van der Waals surface area contributed by atoms with Gasteiger partial charge < -0.3 is 14.5 Å². The molecule has 2 rings (SSSR count). The predicted molar refractivity (Wildman–Crippen MR) is 81.5 cm³/mol. The van der Waals surface area contributed by atoms with E-state index < -0.39 is 0 Å². The van der Waals surface area contributed by atoms with E-state index in [1.165, 1.54) is 6.08 Å². The van der Waals surface area contributed by atoms with Crippen LogP contribution in [0, 0.1) is 6.92 Å². The third-order valence-electron chi connectivity index (χ3n) is 3.03. The van der Waals surface area contributed by atoms with Crippen molar-refractivity contribution >= 4 is 12.0 Å². The third kappa shape index (κ3) is 4.61. The number of methoxy groups -OCH3 is 1. The monoisotopic (exact) mass is 285 g/mol. The van der Waals surface area contributed by atoms with Crippen LogP contribution in [-0.4, -0.2) is 13.0 Å². The number of nitrogens with one attached hydrogen (secondary N) is 1. The first kappa shape index (κ1) is 15.1. The molecule has 110 valence electrons. The molecule has 0 radical (unpaired) electrons. The lowest BCUT2D eigenvalue weighted by Crippen LogP contribution is -2.21. The molecule has 1 aromatic heterocycles. The highest BCUT2D eigenvalue weighted by Gasteiger charge is 2.03. The highest BCUT2D eigenvalue weighted by Crippen LogP contribution is 2.10. The Hall–Kier alpha value is -2.33. The van der Waals surface area contributed by atoms with E-state index in [0.717, 1.165) is 16.9 Å². The summed E-state index contributed by atoms with van der Waals surface area (Å²) >= 11 is 0. The van der Waals surface area contributed by atoms with Crippen LogP contribution in [0.15, 0.2) is 46.9 Å². The van der Waals surface area contributed by atoms with E-state index in [1.807, 2.05) is 43.3 Å². The van der Waals surface area contributed by atoms with Gasteiger partial charge in [0, 0.05) is 19.7 Å². The summed E-state index contributed by atoms with van der Waals surface area (Å²) in [6, 6.07) is 11.6. The zero-order valence-corrected chi connectivity index (χ0v) is 12.3. The number of hydrogen-bond donors (Lipinski definition) is 1. The van der Waals surface area contributed by atoms with Crippen LogP contribution in [0.3, 0.4) is 0 Å². The fourth-order valence-electron chi connectivity index (χ4n) is 1.97. The van der Waals surface area contributed by atoms with Crippen LogP contribution in [0.2, 0.25) is 0 Å². The summed E-state index contributed by atoms with van der Waals surface area (Å²) in [7, 11) is 1.66. The number of rotatable bonds is 6. The van der Waals surface area contributed by atoms with Gasteiger partial charge in [0.25, 0.3) is 0 Å². The second kappa shape index (κ2) is 7.45. The van der Waals surface area contributed by atoms with Gasteiger partial charge in [-0.05, 0) is 36.3 Å². The Labute approximate surface area is 124 Å². The van der Waals surface area contributed by atoms with E-state index >= 15 is 0 Å². The minimum Gasteiger partial charge on any atom is -0.462 e. The molecule has 0 aliphatic heterocycles. The molecule has 0 saturated heterocycles. The molecule has 2 aromatic rings. The van der Waals surface area contributed by atoms with Crippen LogP contribution < -0.4 is 5.32 Å². The number of furan rings is 1. The highest BCUT2D eigenvalue weighted by atomic mass is 16.5. The van der Waals surface area contributed by atoms with E-state index in [0.29, 0.717) is 18.9 Å². The van der Waals surface area contributed by atoms with Crippen molar-refractivity contribution in [2.45, 2.75) is 20.1 Å². The van der Waals surface area contributed by atoms with Gasteiger partial charge in [0.05, 0.1) is 6.61 Å². The first-order chi connectivity index (χ1) is 10.2. The molecule has 0 bridgehead atoms. The number of hydrogen-bond acceptors (Lipinski definition) is 3. The van der Waals surface area contributed by atoms with Crippen molar-refractivity contribution in [2.75, 3.05) is 7.11 Å². The summed E-state index contributed by atoms with van der Waals surface area (Å²) < 4.78 is 10.5. The Morgan fingerprint density at radius 2 is 2.00 bits per heavy atom. The molecule has 1 heterocycles. The van der Waals surface area contributed by atoms with Crippen LogP contribution >= 0.6 is 0 Å². The van der Waals surface area contributed by atoms with Crippen LogP contribution in [0.5, 0.6) is 0 Å². The molecule has 1 amide bonds. The molecular formula is C17H19NO3. The van der Waals surface area contributed by atoms with Crippen molar-refractivity contribution in [1.29, 1.82) is 0 Å². The minimum atomic E-state index is -0.156. The highest BCUT2D eigenvalue weighted by molar-refractivity contribution is 5.91. The van der Waals surface area contributed by atoms with Crippen molar-refractivity contribution < 1.29 is 13.9 Å². The number of amides is 1. The van der Waals surface area contributed by atoms with Gasteiger partial charge >= 0.3 is 0 Å². The molecule has 0 saturated carbocycles. The van der Waals surface area contributed by atoms with Gasteiger partial charge in [-0.1, -0.05) is 24.3 Å². The number of ether oxygens (including phenoxy) is 1. The van der Waals surface area contributed by atoms with Gasteiger partial charge in [-0.25, -0.2) is 0 Å². The first-order valence-electron chi connectivity index (χ1n) is 6.77. The van der Waals surface area contributed by atoms with E-state index in [1.54, 1.807) is 13.2 Å². The SMILES string of the molecule is COCc1ccccc1CNC(=O)/C=C/c1ccc(C)o1. The van der Waals surface area contributed by atoms with Crippen molar-refractivity contribution in [3.8, 4) is 0 Å². The van der Waals surface area contributed by atoms with E-state index in [4.69, 9.17) is 9.15 Å². The van der Waals surface area contributed by atoms with E-state index in [-0.39, 0.29) is 5.91 Å². The maximum absolute atomic E-state index is 11.8. The van der Waals surface area contributed by atoms with Gasteiger partial charge in [-0.15, -0.1) is 0 Å². The topological polar surface area (TPSA) is 51.5 Å². The van der Waals surface area contributed by atoms with Crippen molar-refractivity contribution in [1.82, 2.24) is 5.32 Å². The predicted octanol–water partition coefficient (Wildman–Crippen LogP) is 3.06. The van der Waals surface area contributed by atoms with Gasteiger partial charge in [-0.2, -0.15) is 0 Å². The minimum absolute atomic E-state index is 0.156. The zero-order chi connectivity index (χ0) is 15.1. The first-order valence-corrected chi connectivity index (χ1v) is 6.77. The lowest BCUT2D eigenvalue weighted by Gasteiger charge is -2.08. The van der Waals surface area contributed by atoms with Crippen LogP contribution in [0.1, 0.15) is 22.6 Å². The van der Waals surface area contributed by atoms with Crippen LogP contribution in [0.25, 0.3) is 6.08 Å². The maximum atomic E-state index is 11.8. The Morgan fingerprint density at radius 3 is 2.67 bits per heavy atom. The third-order valence-corrected chi connectivity index (χ3v) is 3.03. The standard InChI is InChI=1S/C17H19NO3/c1-13-7-8-16(21-13)9-10-17(19)18-11-14-5-3-4-6-15(14)12-20-2/h3-10H,11-12H2,1-2H3,(H,18,19)/b10-9+. The number of carbonyl (C=O) groups is 1. The molecule has 4 nitrogen and oxygen atoms in total. The van der Waals surface area contributed by atoms with Gasteiger partial charge in [0.2, 0.25) is 5.91 Å². The lowest BCUT2D eigenvalue weighted by molar-refractivity contribution is -0.116. The maximum Gasteiger partial charge on any atom is 0.244 e. The van der Waals surface area contributed by atoms with Crippen molar-refractivity contribution in [2.24, 2.45) is 0 Å². The zero-order valence-electron chi connectivity index (χ0n) is 12.3. The average molecular weight is 285 g/mol. The Morgan fingerprint density at radius 1 is 1.24 bits per heavy atom. The smallest absolute Gasteiger partial charge is 0.244 e. The molecular weight excluding hydrogens is 266 g/mol. The lowest BCUT2D eigenvalue weighted by atomic mass is 10.1. The molecule has 21 heavy (non-hydrogen) atoms. The van der Waals surface area contributed by atoms with E-state index in [9.17, 15) is 4.79 Å². The van der Waals surface area contributed by atoms with Crippen LogP contribution in [0.4, 0.5) is 0 Å². The summed E-state index contributed by atoms with van der Waals surface area (Å²) in [5.41, 5.74) is 2.13. The normalized spacial score (nSPS) is 11.0. The average Bonchev–Trinajstić information content (AvgIpc) is 2.90. The molecule has 0 aliphatic carbocycles. The Bertz CT molecular complexity index is 628. The molecule has 1 aromatic carbocycles. The largest absolute Gasteiger partial charge is 0.462 e. The summed E-state index contributed by atoms with van der Waals surface area (Å²) in [6.07, 6.45) is 3.13. The summed E-state index contributed by atoms with van der Waals surface area (Å²) in [5, 5.41) is 2.85. The summed E-state index contributed by atoms with van der Waals surface area (Å²) in [4.78, 5) is 11.8. The van der Waals surface area contributed by atoms with Crippen molar-refractivity contribution in [3.05, 3.63) is 65.1 Å². The molecule has 0 atom stereocenters. The summed E-state index contributed by atoms with van der Waals surface area (Å²) in [6.45, 7) is 2.87. The molecule has 0 aliphatic rings. The molecule has 0 fully saturated rings. The molecule has 1 N–H and O–H groups in total. The Kier molecular flexibility index (Phi) is 5.35. The summed E-state index contributed by atoms with van der Waals surface area (Å²) in [5.74, 6) is 1.34. The Balaban J connectivity index is 1.90. The van der Waals surface area contributed by atoms with Crippen LogP contribution in [-0.2, 0) is 22.7 Å². The second-order valence-corrected chi connectivity index (χ2v) is 4.70. The van der Waals surface area contributed by atoms with Gasteiger partial charge in [0.1, 0.15) is 11.5 Å². The number of benzene rings is 1. The van der Waals surface area contributed by atoms with Gasteiger partial charge in [0.15, 0.2) is 0 Å². The molecule has 0 unspecified atom stereocenters. The fourth-order valence-corrected chi connectivity index (χ4v) is 1.97. The number of aryl methyl sites for hydroxylation is 1. The molecule has 4 heteroatoms. The number of carbonyl (C=O) groups excluding carboxylic acids is 1.